The zero-order chi connectivity index (χ0) is 15.5. The van der Waals surface area contributed by atoms with Gasteiger partial charge in [0.2, 0.25) is 0 Å². The summed E-state index contributed by atoms with van der Waals surface area (Å²) < 4.78 is 6.99. The fourth-order valence-corrected chi connectivity index (χ4v) is 4.19. The van der Waals surface area contributed by atoms with Crippen LogP contribution in [-0.2, 0) is 11.2 Å². The molecule has 0 heterocycles. The largest absolute Gasteiger partial charge is 0.390 e. The summed E-state index contributed by atoms with van der Waals surface area (Å²) in [6.07, 6.45) is 4.22. The van der Waals surface area contributed by atoms with Crippen LogP contribution in [0.5, 0.6) is 0 Å². The molecule has 3 unspecified atom stereocenters. The lowest BCUT2D eigenvalue weighted by molar-refractivity contribution is -0.146. The van der Waals surface area contributed by atoms with Gasteiger partial charge in [-0.15, -0.1) is 0 Å². The van der Waals surface area contributed by atoms with Gasteiger partial charge >= 0.3 is 0 Å². The van der Waals surface area contributed by atoms with Gasteiger partial charge in [-0.25, -0.2) is 0 Å². The van der Waals surface area contributed by atoms with Crippen LogP contribution in [0.1, 0.15) is 45.1 Å². The van der Waals surface area contributed by atoms with E-state index in [0.717, 1.165) is 29.3 Å². The number of ether oxygens (including phenoxy) is 1. The highest BCUT2D eigenvalue weighted by molar-refractivity contribution is 9.10. The summed E-state index contributed by atoms with van der Waals surface area (Å²) in [6.45, 7) is 4.88. The first-order valence-electron chi connectivity index (χ1n) is 7.73. The maximum absolute atomic E-state index is 10.8. The van der Waals surface area contributed by atoms with Crippen molar-refractivity contribution in [2.24, 2.45) is 5.92 Å². The number of halogens is 2. The van der Waals surface area contributed by atoms with Gasteiger partial charge in [-0.3, -0.25) is 0 Å². The van der Waals surface area contributed by atoms with Crippen LogP contribution >= 0.6 is 27.5 Å². The van der Waals surface area contributed by atoms with Crippen molar-refractivity contribution in [3.63, 3.8) is 0 Å². The molecule has 1 saturated carbocycles. The van der Waals surface area contributed by atoms with E-state index < -0.39 is 11.7 Å². The second-order valence-corrected chi connectivity index (χ2v) is 7.48. The molecule has 1 aromatic carbocycles. The van der Waals surface area contributed by atoms with Crippen molar-refractivity contribution in [1.82, 2.24) is 0 Å². The molecular weight excluding hydrogens is 352 g/mol. The highest BCUT2D eigenvalue weighted by atomic mass is 79.9. The molecule has 0 spiro atoms. The van der Waals surface area contributed by atoms with Gasteiger partial charge < -0.3 is 9.84 Å². The number of benzene rings is 1. The minimum absolute atomic E-state index is 0.414. The number of aliphatic hydroxyl groups excluding tert-OH is 1. The highest BCUT2D eigenvalue weighted by Crippen LogP contribution is 2.39. The molecular formula is C17H24BrClO2. The van der Waals surface area contributed by atoms with Gasteiger partial charge in [0.15, 0.2) is 0 Å². The van der Waals surface area contributed by atoms with E-state index in [4.69, 9.17) is 16.3 Å². The van der Waals surface area contributed by atoms with Crippen LogP contribution < -0.4 is 0 Å². The molecule has 2 rings (SSSR count). The van der Waals surface area contributed by atoms with Crippen LogP contribution in [-0.4, -0.2) is 23.4 Å². The third kappa shape index (κ3) is 4.22. The summed E-state index contributed by atoms with van der Waals surface area (Å²) in [5.74, 6) is 0.598. The van der Waals surface area contributed by atoms with Crippen LogP contribution in [0.3, 0.4) is 0 Å². The molecule has 1 fully saturated rings. The lowest BCUT2D eigenvalue weighted by Crippen LogP contribution is -2.49. The van der Waals surface area contributed by atoms with Gasteiger partial charge in [0.25, 0.3) is 0 Å². The molecule has 4 heteroatoms. The standard InChI is InChI=1S/C17H24BrClO2/c1-3-21-17(8-4-5-12(2)11-17)16(20)9-13-6-7-14(18)10-15(13)19/h6-7,10,12,16,20H,3-5,8-9,11H2,1-2H3. The Morgan fingerprint density at radius 1 is 1.52 bits per heavy atom. The van der Waals surface area contributed by atoms with E-state index in [9.17, 15) is 5.11 Å². The number of aliphatic hydroxyl groups is 1. The van der Waals surface area contributed by atoms with Gasteiger partial charge in [0, 0.05) is 22.5 Å². The molecule has 2 nitrogen and oxygen atoms in total. The first-order valence-corrected chi connectivity index (χ1v) is 8.90. The maximum Gasteiger partial charge on any atom is 0.0945 e. The summed E-state index contributed by atoms with van der Waals surface area (Å²) in [7, 11) is 0. The molecule has 0 amide bonds. The lowest BCUT2D eigenvalue weighted by Gasteiger charge is -2.43. The molecule has 0 radical (unpaired) electrons. The number of hydrogen-bond donors (Lipinski definition) is 1. The SMILES string of the molecule is CCOC1(C(O)Cc2ccc(Br)cc2Cl)CCCC(C)C1. The van der Waals surface area contributed by atoms with E-state index in [1.54, 1.807) is 0 Å². The first-order chi connectivity index (χ1) is 9.97. The third-order valence-corrected chi connectivity index (χ3v) is 5.30. The van der Waals surface area contributed by atoms with Crippen LogP contribution in [0.15, 0.2) is 22.7 Å². The molecule has 118 valence electrons. The topological polar surface area (TPSA) is 29.5 Å². The van der Waals surface area contributed by atoms with Gasteiger partial charge in [-0.1, -0.05) is 53.4 Å². The van der Waals surface area contributed by atoms with Crippen molar-refractivity contribution in [3.05, 3.63) is 33.3 Å². The van der Waals surface area contributed by atoms with Gasteiger partial charge in [-0.05, 0) is 43.4 Å². The quantitative estimate of drug-likeness (QED) is 0.785. The van der Waals surface area contributed by atoms with Crippen molar-refractivity contribution < 1.29 is 9.84 Å². The Hall–Kier alpha value is -0.0900. The van der Waals surface area contributed by atoms with Gasteiger partial charge in [-0.2, -0.15) is 0 Å². The van der Waals surface area contributed by atoms with E-state index in [2.05, 4.69) is 22.9 Å². The van der Waals surface area contributed by atoms with E-state index in [1.807, 2.05) is 25.1 Å². The van der Waals surface area contributed by atoms with Crippen molar-refractivity contribution in [2.45, 2.75) is 57.7 Å². The summed E-state index contributed by atoms with van der Waals surface area (Å²) in [5, 5.41) is 11.5. The predicted molar refractivity (Wildman–Crippen MR) is 90.9 cm³/mol. The minimum Gasteiger partial charge on any atom is -0.390 e. The summed E-state index contributed by atoms with van der Waals surface area (Å²) in [4.78, 5) is 0. The van der Waals surface area contributed by atoms with Crippen LogP contribution in [0.2, 0.25) is 5.02 Å². The van der Waals surface area contributed by atoms with Crippen molar-refractivity contribution in [1.29, 1.82) is 0 Å². The zero-order valence-corrected chi connectivity index (χ0v) is 15.1. The van der Waals surface area contributed by atoms with Gasteiger partial charge in [0.1, 0.15) is 0 Å². The van der Waals surface area contributed by atoms with Crippen molar-refractivity contribution in [2.75, 3.05) is 6.61 Å². The highest BCUT2D eigenvalue weighted by Gasteiger charge is 2.42. The Kier molecular flexibility index (Phi) is 6.13. The molecule has 0 bridgehead atoms. The lowest BCUT2D eigenvalue weighted by atomic mass is 9.74. The Labute approximate surface area is 141 Å². The summed E-state index contributed by atoms with van der Waals surface area (Å²) >= 11 is 9.69. The van der Waals surface area contributed by atoms with Crippen LogP contribution in [0.25, 0.3) is 0 Å². The van der Waals surface area contributed by atoms with Gasteiger partial charge in [0.05, 0.1) is 11.7 Å². The van der Waals surface area contributed by atoms with E-state index in [0.29, 0.717) is 24.0 Å². The van der Waals surface area contributed by atoms with Crippen molar-refractivity contribution in [3.8, 4) is 0 Å². The van der Waals surface area contributed by atoms with Crippen LogP contribution in [0, 0.1) is 5.92 Å². The minimum atomic E-state index is -0.515. The molecule has 0 saturated heterocycles. The Balaban J connectivity index is 2.16. The smallest absolute Gasteiger partial charge is 0.0945 e. The molecule has 0 aliphatic heterocycles. The molecule has 1 aromatic rings. The Morgan fingerprint density at radius 2 is 2.29 bits per heavy atom. The third-order valence-electron chi connectivity index (χ3n) is 4.46. The summed E-state index contributed by atoms with van der Waals surface area (Å²) in [6, 6.07) is 5.81. The second kappa shape index (κ2) is 7.45. The summed E-state index contributed by atoms with van der Waals surface area (Å²) in [5.41, 5.74) is 0.563. The average Bonchev–Trinajstić information content (AvgIpc) is 2.42. The average molecular weight is 376 g/mol. The number of rotatable bonds is 5. The van der Waals surface area contributed by atoms with E-state index in [1.165, 1.54) is 6.42 Å². The molecule has 3 atom stereocenters. The van der Waals surface area contributed by atoms with Crippen LogP contribution in [0.4, 0.5) is 0 Å². The van der Waals surface area contributed by atoms with E-state index in [-0.39, 0.29) is 0 Å². The second-order valence-electron chi connectivity index (χ2n) is 6.15. The fourth-order valence-electron chi connectivity index (χ4n) is 3.44. The normalized spacial score (nSPS) is 27.6. The maximum atomic E-state index is 10.8. The molecule has 1 aliphatic rings. The zero-order valence-electron chi connectivity index (χ0n) is 12.7. The fraction of sp³-hybridized carbons (Fsp3) is 0.647. The molecule has 0 aromatic heterocycles. The molecule has 1 aliphatic carbocycles. The Morgan fingerprint density at radius 3 is 2.90 bits per heavy atom. The first kappa shape index (κ1) is 17.3. The molecule has 21 heavy (non-hydrogen) atoms. The molecule has 1 N–H and O–H groups in total. The predicted octanol–water partition coefficient (Wildman–Crippen LogP) is 4.99. The van der Waals surface area contributed by atoms with Crippen molar-refractivity contribution >= 4 is 27.5 Å². The monoisotopic (exact) mass is 374 g/mol. The Bertz CT molecular complexity index is 476. The number of hydrogen-bond acceptors (Lipinski definition) is 2. The van der Waals surface area contributed by atoms with E-state index >= 15 is 0 Å².